The summed E-state index contributed by atoms with van der Waals surface area (Å²) >= 11 is 0. The lowest BCUT2D eigenvalue weighted by Gasteiger charge is -2.18. The summed E-state index contributed by atoms with van der Waals surface area (Å²) in [7, 11) is 3.98. The lowest BCUT2D eigenvalue weighted by molar-refractivity contribution is -0.128. The predicted molar refractivity (Wildman–Crippen MR) is 130 cm³/mol. The molecule has 2 amide bonds. The van der Waals surface area contributed by atoms with Crippen LogP contribution in [0.5, 0.6) is 0 Å². The number of nitriles is 1. The second kappa shape index (κ2) is 9.61. The van der Waals surface area contributed by atoms with Gasteiger partial charge in [0.25, 0.3) is 0 Å². The molecule has 1 N–H and O–H groups in total. The van der Waals surface area contributed by atoms with Gasteiger partial charge in [-0.15, -0.1) is 0 Å². The lowest BCUT2D eigenvalue weighted by atomic mass is 10.1. The van der Waals surface area contributed by atoms with Gasteiger partial charge in [0.15, 0.2) is 11.6 Å². The molecule has 1 aromatic carbocycles. The Morgan fingerprint density at radius 2 is 2.09 bits per heavy atom. The summed E-state index contributed by atoms with van der Waals surface area (Å²) in [6.45, 7) is 5.87. The van der Waals surface area contributed by atoms with E-state index >= 15 is 0 Å². The van der Waals surface area contributed by atoms with Crippen LogP contribution >= 0.6 is 0 Å². The molecule has 1 aliphatic heterocycles. The smallest absolute Gasteiger partial charge is 0.230 e. The molecule has 0 radical (unpaired) electrons. The third kappa shape index (κ3) is 4.63. The number of rotatable bonds is 7. The predicted octanol–water partition coefficient (Wildman–Crippen LogP) is 2.65. The van der Waals surface area contributed by atoms with Gasteiger partial charge in [0.1, 0.15) is 11.6 Å². The number of aryl methyl sites for hydroxylation is 2. The maximum Gasteiger partial charge on any atom is 0.230 e. The number of benzene rings is 1. The fourth-order valence-corrected chi connectivity index (χ4v) is 4.34. The minimum Gasteiger partial charge on any atom is -0.342 e. The minimum absolute atomic E-state index is 0.0183. The zero-order valence-corrected chi connectivity index (χ0v) is 20.0. The molecule has 0 spiro atoms. The topological polar surface area (TPSA) is 107 Å². The van der Waals surface area contributed by atoms with Crippen molar-refractivity contribution < 1.29 is 9.59 Å². The molecule has 0 bridgehead atoms. The largest absolute Gasteiger partial charge is 0.342 e. The second-order valence-electron chi connectivity index (χ2n) is 9.09. The van der Waals surface area contributed by atoms with E-state index in [2.05, 4.69) is 21.4 Å². The van der Waals surface area contributed by atoms with Crippen LogP contribution in [-0.2, 0) is 9.59 Å². The number of carbonyl (C=O) groups is 2. The number of likely N-dealkylation sites (tertiary alicyclic amines) is 1. The Balaban J connectivity index is 1.57. The van der Waals surface area contributed by atoms with Gasteiger partial charge in [-0.1, -0.05) is 18.2 Å². The minimum atomic E-state index is -0.477. The third-order valence-electron chi connectivity index (χ3n) is 6.20. The third-order valence-corrected chi connectivity index (χ3v) is 6.20. The number of para-hydroxylation sites is 1. The molecule has 1 saturated heterocycles. The van der Waals surface area contributed by atoms with E-state index in [1.165, 1.54) is 10.9 Å². The van der Waals surface area contributed by atoms with Gasteiger partial charge in [-0.3, -0.25) is 9.59 Å². The molecule has 0 saturated carbocycles. The molecule has 3 aromatic rings. The van der Waals surface area contributed by atoms with E-state index < -0.39 is 5.92 Å². The van der Waals surface area contributed by atoms with Crippen LogP contribution in [0, 0.1) is 31.1 Å². The first-order valence-corrected chi connectivity index (χ1v) is 11.4. The molecule has 176 valence electrons. The molecule has 1 aliphatic rings. The molecular formula is C25H29N7O2. The standard InChI is InChI=1S/C25H29N7O2/c1-16-7-5-8-20-17(2)11-21(28-23(16)20)32-24(19(13-26)14-27-32)29-25(34)18-12-22(33)31(15-18)10-6-9-30(3)4/h5,7-8,11,14,18H,6,9-10,12,15H2,1-4H3,(H,29,34). The van der Waals surface area contributed by atoms with E-state index in [9.17, 15) is 14.9 Å². The van der Waals surface area contributed by atoms with Gasteiger partial charge in [0, 0.05) is 24.9 Å². The summed E-state index contributed by atoms with van der Waals surface area (Å²) in [6, 6.07) is 9.98. The number of hydrogen-bond donors (Lipinski definition) is 1. The lowest BCUT2D eigenvalue weighted by Crippen LogP contribution is -2.31. The van der Waals surface area contributed by atoms with Crippen LogP contribution in [0.4, 0.5) is 5.82 Å². The van der Waals surface area contributed by atoms with E-state index in [0.717, 1.165) is 35.0 Å². The Morgan fingerprint density at radius 3 is 2.82 bits per heavy atom. The van der Waals surface area contributed by atoms with Crippen molar-refractivity contribution in [3.05, 3.63) is 47.2 Å². The van der Waals surface area contributed by atoms with E-state index in [1.807, 2.05) is 52.2 Å². The quantitative estimate of drug-likeness (QED) is 0.582. The van der Waals surface area contributed by atoms with Crippen LogP contribution in [0.3, 0.4) is 0 Å². The maximum atomic E-state index is 13.1. The molecule has 4 rings (SSSR count). The fourth-order valence-electron chi connectivity index (χ4n) is 4.34. The summed E-state index contributed by atoms with van der Waals surface area (Å²) in [5.74, 6) is -0.00402. The van der Waals surface area contributed by atoms with Crippen molar-refractivity contribution in [1.29, 1.82) is 5.26 Å². The maximum absolute atomic E-state index is 13.1. The van der Waals surface area contributed by atoms with Crippen LogP contribution in [-0.4, -0.2) is 70.1 Å². The van der Waals surface area contributed by atoms with Crippen molar-refractivity contribution in [2.24, 2.45) is 5.92 Å². The highest BCUT2D eigenvalue weighted by atomic mass is 16.2. The number of aromatic nitrogens is 3. The molecule has 1 fully saturated rings. The number of amides is 2. The van der Waals surface area contributed by atoms with Crippen molar-refractivity contribution in [3.8, 4) is 11.9 Å². The van der Waals surface area contributed by atoms with Crippen molar-refractivity contribution in [1.82, 2.24) is 24.6 Å². The first-order valence-electron chi connectivity index (χ1n) is 11.4. The van der Waals surface area contributed by atoms with E-state index in [0.29, 0.717) is 18.9 Å². The molecule has 9 nitrogen and oxygen atoms in total. The van der Waals surface area contributed by atoms with Gasteiger partial charge in [0.2, 0.25) is 11.8 Å². The Hall–Kier alpha value is -3.77. The number of fused-ring (bicyclic) bond motifs is 1. The zero-order chi connectivity index (χ0) is 24.4. The van der Waals surface area contributed by atoms with Crippen LogP contribution < -0.4 is 5.32 Å². The van der Waals surface area contributed by atoms with Gasteiger partial charge in [0.05, 0.1) is 17.6 Å². The number of pyridine rings is 1. The van der Waals surface area contributed by atoms with E-state index in [4.69, 9.17) is 4.98 Å². The fraction of sp³-hybridized carbons (Fsp3) is 0.400. The summed E-state index contributed by atoms with van der Waals surface area (Å²) in [5, 5.41) is 17.9. The van der Waals surface area contributed by atoms with Crippen LogP contribution in [0.15, 0.2) is 30.5 Å². The van der Waals surface area contributed by atoms with Gasteiger partial charge in [-0.25, -0.2) is 4.98 Å². The van der Waals surface area contributed by atoms with Crippen molar-refractivity contribution in [2.45, 2.75) is 26.7 Å². The van der Waals surface area contributed by atoms with Crippen LogP contribution in [0.2, 0.25) is 0 Å². The van der Waals surface area contributed by atoms with Gasteiger partial charge in [-0.05, 0) is 58.1 Å². The molecule has 2 aromatic heterocycles. The van der Waals surface area contributed by atoms with Crippen LogP contribution in [0.1, 0.15) is 29.5 Å². The van der Waals surface area contributed by atoms with E-state index in [-0.39, 0.29) is 29.6 Å². The summed E-state index contributed by atoms with van der Waals surface area (Å²) < 4.78 is 1.49. The second-order valence-corrected chi connectivity index (χ2v) is 9.09. The highest BCUT2D eigenvalue weighted by Gasteiger charge is 2.34. The number of hydrogen-bond acceptors (Lipinski definition) is 6. The number of carbonyl (C=O) groups excluding carboxylic acids is 2. The van der Waals surface area contributed by atoms with Crippen molar-refractivity contribution in [3.63, 3.8) is 0 Å². The van der Waals surface area contributed by atoms with Gasteiger partial charge >= 0.3 is 0 Å². The first kappa shape index (κ1) is 23.4. The molecule has 34 heavy (non-hydrogen) atoms. The summed E-state index contributed by atoms with van der Waals surface area (Å²) in [5.41, 5.74) is 3.13. The molecule has 1 unspecified atom stereocenters. The first-order chi connectivity index (χ1) is 16.3. The summed E-state index contributed by atoms with van der Waals surface area (Å²) in [4.78, 5) is 34.1. The monoisotopic (exact) mass is 459 g/mol. The molecule has 3 heterocycles. The average molecular weight is 460 g/mol. The number of nitrogens with one attached hydrogen (secondary N) is 1. The molecule has 0 aliphatic carbocycles. The normalized spacial score (nSPS) is 15.8. The number of anilines is 1. The Morgan fingerprint density at radius 1 is 1.29 bits per heavy atom. The Labute approximate surface area is 199 Å². The zero-order valence-electron chi connectivity index (χ0n) is 20.0. The van der Waals surface area contributed by atoms with Crippen molar-refractivity contribution >= 4 is 28.5 Å². The van der Waals surface area contributed by atoms with Crippen molar-refractivity contribution in [2.75, 3.05) is 39.0 Å². The SMILES string of the molecule is Cc1cc(-n2ncc(C#N)c2NC(=O)C2CC(=O)N(CCCN(C)C)C2)nc2c(C)cccc12. The van der Waals surface area contributed by atoms with E-state index in [1.54, 1.807) is 4.90 Å². The highest BCUT2D eigenvalue weighted by molar-refractivity contribution is 5.97. The molecule has 9 heteroatoms. The Bertz CT molecular complexity index is 1290. The average Bonchev–Trinajstić information content (AvgIpc) is 3.37. The van der Waals surface area contributed by atoms with Crippen LogP contribution in [0.25, 0.3) is 16.7 Å². The Kier molecular flexibility index (Phi) is 6.61. The number of nitrogens with zero attached hydrogens (tertiary/aromatic N) is 6. The highest BCUT2D eigenvalue weighted by Crippen LogP contribution is 2.26. The summed E-state index contributed by atoms with van der Waals surface area (Å²) in [6.07, 6.45) is 2.43. The molecular weight excluding hydrogens is 430 g/mol. The van der Waals surface area contributed by atoms with Gasteiger partial charge < -0.3 is 15.1 Å². The van der Waals surface area contributed by atoms with Gasteiger partial charge in [-0.2, -0.15) is 15.0 Å². The molecule has 1 atom stereocenters.